The lowest BCUT2D eigenvalue weighted by atomic mass is 10.1. The average molecular weight is 461 g/mol. The monoisotopic (exact) mass is 459 g/mol. The van der Waals surface area contributed by atoms with Crippen molar-refractivity contribution in [3.8, 4) is 11.5 Å². The van der Waals surface area contributed by atoms with E-state index in [1.165, 1.54) is 31.0 Å². The number of nitrogens with zero attached hydrogens (tertiary/aromatic N) is 1. The minimum Gasteiger partial charge on any atom is -1.00 e. The number of rotatable bonds is 6. The molecule has 1 heterocycles. The molecule has 8 heteroatoms. The molecule has 0 aliphatic carbocycles. The van der Waals surface area contributed by atoms with Crippen molar-refractivity contribution in [3.63, 3.8) is 0 Å². The zero-order valence-corrected chi connectivity index (χ0v) is 16.1. The lowest BCUT2D eigenvalue weighted by molar-refractivity contribution is -0.683. The Morgan fingerprint density at radius 1 is 1.17 bits per heavy atom. The molecule has 6 nitrogen and oxygen atoms in total. The Morgan fingerprint density at radius 2 is 1.88 bits per heavy atom. The number of aromatic carboxylic acids is 1. The molecule has 1 aromatic heterocycles. The van der Waals surface area contributed by atoms with Gasteiger partial charge in [0.15, 0.2) is 12.4 Å². The second-order valence-electron chi connectivity index (χ2n) is 4.71. The van der Waals surface area contributed by atoms with E-state index in [1.807, 2.05) is 0 Å². The number of hydrogen-bond acceptors (Lipinski definition) is 4. The predicted molar refractivity (Wildman–Crippen MR) is 85.2 cm³/mol. The minimum absolute atomic E-state index is 0. The van der Waals surface area contributed by atoms with Gasteiger partial charge >= 0.3 is 5.97 Å². The van der Waals surface area contributed by atoms with Crippen LogP contribution in [0.15, 0.2) is 41.1 Å². The fourth-order valence-corrected chi connectivity index (χ4v) is 2.60. The number of benzene rings is 1. The first-order valence-electron chi connectivity index (χ1n) is 6.62. The molecular weight excluding hydrogens is 446 g/mol. The number of Topliss-reactive ketones (excluding diaryl/α,β-unsaturated/α-hetero) is 1. The molecule has 0 fully saturated rings. The molecule has 0 radical (unpaired) electrons. The zero-order chi connectivity index (χ0) is 17.0. The minimum atomic E-state index is -1.06. The van der Waals surface area contributed by atoms with Crippen LogP contribution >= 0.6 is 15.9 Å². The number of ketones is 1. The maximum atomic E-state index is 12.5. The largest absolute Gasteiger partial charge is 1.00 e. The molecule has 128 valence electrons. The highest BCUT2D eigenvalue weighted by atomic mass is 79.9. The van der Waals surface area contributed by atoms with Crippen LogP contribution in [0.25, 0.3) is 0 Å². The van der Waals surface area contributed by atoms with E-state index in [-0.39, 0.29) is 34.9 Å². The maximum Gasteiger partial charge on any atom is 0.341 e. The van der Waals surface area contributed by atoms with E-state index in [1.54, 1.807) is 24.4 Å². The van der Waals surface area contributed by atoms with Crippen LogP contribution < -0.4 is 31.0 Å². The summed E-state index contributed by atoms with van der Waals surface area (Å²) in [4.78, 5) is 23.6. The van der Waals surface area contributed by atoms with Gasteiger partial charge in [-0.2, -0.15) is 4.57 Å². The molecule has 0 unspecified atom stereocenters. The number of carboxylic acid groups (broad SMARTS) is 1. The molecule has 24 heavy (non-hydrogen) atoms. The van der Waals surface area contributed by atoms with E-state index >= 15 is 0 Å². The van der Waals surface area contributed by atoms with Crippen LogP contribution in [0.5, 0.6) is 11.5 Å². The number of aromatic nitrogens is 1. The third kappa shape index (κ3) is 4.78. The van der Waals surface area contributed by atoms with Crippen LogP contribution in [0.1, 0.15) is 20.7 Å². The highest BCUT2D eigenvalue weighted by Gasteiger charge is 2.19. The normalized spacial score (nSPS) is 9.79. The maximum absolute atomic E-state index is 12.5. The van der Waals surface area contributed by atoms with Crippen molar-refractivity contribution < 1.29 is 45.7 Å². The Labute approximate surface area is 157 Å². The highest BCUT2D eigenvalue weighted by Crippen LogP contribution is 2.25. The van der Waals surface area contributed by atoms with E-state index in [9.17, 15) is 9.59 Å². The Morgan fingerprint density at radius 3 is 2.46 bits per heavy atom. The second kappa shape index (κ2) is 8.79. The van der Waals surface area contributed by atoms with Crippen molar-refractivity contribution in [3.05, 3.63) is 52.3 Å². The SMILES string of the molecule is COc1ccc(C(=O)C[n+]2cc(Br)cc(C(=O)O)c2)c(OC)c1.[Br-]. The molecule has 0 bridgehead atoms. The molecule has 0 amide bonds. The molecule has 2 rings (SSSR count). The molecule has 1 aromatic carbocycles. The van der Waals surface area contributed by atoms with Crippen molar-refractivity contribution in [1.82, 2.24) is 0 Å². The van der Waals surface area contributed by atoms with Gasteiger partial charge in [-0.25, -0.2) is 4.79 Å². The summed E-state index contributed by atoms with van der Waals surface area (Å²) in [6, 6.07) is 6.39. The first-order valence-corrected chi connectivity index (χ1v) is 7.42. The molecule has 1 N–H and O–H groups in total. The Balaban J connectivity index is 0.00000288. The number of ether oxygens (including phenoxy) is 2. The van der Waals surface area contributed by atoms with Gasteiger partial charge in [0.1, 0.15) is 17.1 Å². The van der Waals surface area contributed by atoms with Gasteiger partial charge in [-0.3, -0.25) is 4.79 Å². The van der Waals surface area contributed by atoms with Crippen molar-refractivity contribution in [2.24, 2.45) is 0 Å². The lowest BCUT2D eigenvalue weighted by Crippen LogP contribution is -3.00. The topological polar surface area (TPSA) is 76.7 Å². The Kier molecular flexibility index (Phi) is 7.37. The van der Waals surface area contributed by atoms with Gasteiger partial charge in [-0.1, -0.05) is 0 Å². The standard InChI is InChI=1S/C16H14BrNO5.BrH/c1-22-12-3-4-13(15(6-12)23-2)14(19)9-18-7-10(16(20)21)5-11(17)8-18;/h3-8H,9H2,1-2H3;1H. The van der Waals surface area contributed by atoms with Crippen molar-refractivity contribution in [1.29, 1.82) is 0 Å². The molecule has 0 aliphatic rings. The van der Waals surface area contributed by atoms with Crippen LogP contribution in [0.4, 0.5) is 0 Å². The number of carbonyl (C=O) groups excluding carboxylic acids is 1. The van der Waals surface area contributed by atoms with Gasteiger partial charge in [0.2, 0.25) is 12.3 Å². The Bertz CT molecular complexity index is 764. The van der Waals surface area contributed by atoms with Gasteiger partial charge < -0.3 is 31.6 Å². The van der Waals surface area contributed by atoms with Crippen LogP contribution in [0, 0.1) is 0 Å². The number of methoxy groups -OCH3 is 2. The van der Waals surface area contributed by atoms with Crippen molar-refractivity contribution in [2.45, 2.75) is 6.54 Å². The van der Waals surface area contributed by atoms with E-state index < -0.39 is 5.97 Å². The van der Waals surface area contributed by atoms with E-state index in [0.29, 0.717) is 21.5 Å². The first kappa shape index (κ1) is 20.1. The van der Waals surface area contributed by atoms with Gasteiger partial charge in [-0.05, 0) is 34.1 Å². The summed E-state index contributed by atoms with van der Waals surface area (Å²) < 4.78 is 12.4. The smallest absolute Gasteiger partial charge is 0.341 e. The van der Waals surface area contributed by atoms with Crippen LogP contribution in [-0.4, -0.2) is 31.1 Å². The predicted octanol–water partition coefficient (Wildman–Crippen LogP) is -0.661. The molecule has 0 atom stereocenters. The van der Waals surface area contributed by atoms with Crippen molar-refractivity contribution in [2.75, 3.05) is 14.2 Å². The zero-order valence-electron chi connectivity index (χ0n) is 13.0. The van der Waals surface area contributed by atoms with Crippen LogP contribution in [0.2, 0.25) is 0 Å². The van der Waals surface area contributed by atoms with E-state index in [4.69, 9.17) is 14.6 Å². The molecular formula is C16H15Br2NO5. The fraction of sp³-hybridized carbons (Fsp3) is 0.188. The average Bonchev–Trinajstić information content (AvgIpc) is 2.53. The quantitative estimate of drug-likeness (QED) is 0.457. The number of pyridine rings is 1. The third-order valence-corrected chi connectivity index (χ3v) is 3.60. The number of halogens is 2. The summed E-state index contributed by atoms with van der Waals surface area (Å²) in [5, 5.41) is 9.07. The Hall–Kier alpha value is -1.93. The van der Waals surface area contributed by atoms with Crippen molar-refractivity contribution >= 4 is 27.7 Å². The highest BCUT2D eigenvalue weighted by molar-refractivity contribution is 9.10. The van der Waals surface area contributed by atoms with Gasteiger partial charge in [-0.15, -0.1) is 0 Å². The molecule has 0 aliphatic heterocycles. The van der Waals surface area contributed by atoms with E-state index in [2.05, 4.69) is 15.9 Å². The summed E-state index contributed by atoms with van der Waals surface area (Å²) >= 11 is 3.24. The van der Waals surface area contributed by atoms with Gasteiger partial charge in [0.25, 0.3) is 0 Å². The summed E-state index contributed by atoms with van der Waals surface area (Å²) in [5.41, 5.74) is 0.492. The van der Waals surface area contributed by atoms with Gasteiger partial charge in [0, 0.05) is 6.07 Å². The number of carbonyl (C=O) groups is 2. The van der Waals surface area contributed by atoms with E-state index in [0.717, 1.165) is 0 Å². The lowest BCUT2D eigenvalue weighted by Gasteiger charge is -2.08. The number of carboxylic acids is 1. The molecule has 0 spiro atoms. The summed E-state index contributed by atoms with van der Waals surface area (Å²) in [6.45, 7) is -0.0115. The molecule has 0 saturated heterocycles. The molecule has 2 aromatic rings. The summed E-state index contributed by atoms with van der Waals surface area (Å²) in [5.74, 6) is -0.274. The van der Waals surface area contributed by atoms with Crippen LogP contribution in [-0.2, 0) is 6.54 Å². The summed E-state index contributed by atoms with van der Waals surface area (Å²) in [6.07, 6.45) is 3.04. The first-order chi connectivity index (χ1) is 10.9. The molecule has 0 saturated carbocycles. The van der Waals surface area contributed by atoms with Gasteiger partial charge in [0.05, 0.1) is 24.3 Å². The fourth-order valence-electron chi connectivity index (χ4n) is 2.09. The number of hydrogen-bond donors (Lipinski definition) is 1. The summed E-state index contributed by atoms with van der Waals surface area (Å²) in [7, 11) is 3.00. The van der Waals surface area contributed by atoms with Crippen LogP contribution in [0.3, 0.4) is 0 Å². The second-order valence-corrected chi connectivity index (χ2v) is 5.63. The third-order valence-electron chi connectivity index (χ3n) is 3.17.